The zero-order chi connectivity index (χ0) is 14.4. The summed E-state index contributed by atoms with van der Waals surface area (Å²) < 4.78 is 10.6. The zero-order valence-corrected chi connectivity index (χ0v) is 12.6. The summed E-state index contributed by atoms with van der Waals surface area (Å²) in [5.74, 6) is 2.34. The molecule has 2 atom stereocenters. The quantitative estimate of drug-likeness (QED) is 0.794. The van der Waals surface area contributed by atoms with Crippen LogP contribution in [0.1, 0.15) is 25.5 Å². The van der Waals surface area contributed by atoms with Gasteiger partial charge in [0.15, 0.2) is 11.5 Å². The van der Waals surface area contributed by atoms with Crippen molar-refractivity contribution in [2.24, 2.45) is 17.6 Å². The summed E-state index contributed by atoms with van der Waals surface area (Å²) in [6.07, 6.45) is 0. The molecule has 0 aromatic heterocycles. The van der Waals surface area contributed by atoms with E-state index in [9.17, 15) is 0 Å². The lowest BCUT2D eigenvalue weighted by Gasteiger charge is -2.28. The molecule has 0 saturated carbocycles. The molecular weight excluding hydrogens is 240 g/mol. The van der Waals surface area contributed by atoms with Crippen molar-refractivity contribution in [3.05, 3.63) is 23.8 Å². The van der Waals surface area contributed by atoms with Crippen molar-refractivity contribution < 1.29 is 9.47 Å². The summed E-state index contributed by atoms with van der Waals surface area (Å²) in [5, 5.41) is 3.22. The number of benzene rings is 1. The van der Waals surface area contributed by atoms with Crippen LogP contribution in [0.4, 0.5) is 0 Å². The van der Waals surface area contributed by atoms with E-state index in [1.807, 2.05) is 25.2 Å². The van der Waals surface area contributed by atoms with Crippen molar-refractivity contribution in [2.45, 2.75) is 19.9 Å². The van der Waals surface area contributed by atoms with E-state index < -0.39 is 0 Å². The largest absolute Gasteiger partial charge is 0.493 e. The number of methoxy groups -OCH3 is 2. The Morgan fingerprint density at radius 1 is 1.16 bits per heavy atom. The minimum atomic E-state index is -0.0211. The highest BCUT2D eigenvalue weighted by Crippen LogP contribution is 2.33. The maximum absolute atomic E-state index is 6.41. The third kappa shape index (κ3) is 3.85. The van der Waals surface area contributed by atoms with Crippen LogP contribution in [-0.2, 0) is 0 Å². The molecule has 108 valence electrons. The van der Waals surface area contributed by atoms with E-state index in [-0.39, 0.29) is 6.04 Å². The fourth-order valence-electron chi connectivity index (χ4n) is 2.32. The molecular formula is C15H26N2O2. The number of nitrogens with two attached hydrogens (primary N) is 1. The minimum absolute atomic E-state index is 0.0211. The molecule has 0 amide bonds. The Morgan fingerprint density at radius 2 is 1.79 bits per heavy atom. The summed E-state index contributed by atoms with van der Waals surface area (Å²) in [4.78, 5) is 0. The Balaban J connectivity index is 3.00. The van der Waals surface area contributed by atoms with E-state index in [1.54, 1.807) is 14.2 Å². The van der Waals surface area contributed by atoms with Crippen molar-refractivity contribution in [2.75, 3.05) is 27.8 Å². The van der Waals surface area contributed by atoms with Crippen LogP contribution in [0.2, 0.25) is 0 Å². The van der Waals surface area contributed by atoms with Gasteiger partial charge in [-0.1, -0.05) is 19.9 Å². The molecule has 4 heteroatoms. The van der Waals surface area contributed by atoms with E-state index in [4.69, 9.17) is 15.2 Å². The SMILES string of the molecule is CNCC(C(C)C)C(N)c1ccc(OC)c(OC)c1. The topological polar surface area (TPSA) is 56.5 Å². The second kappa shape index (κ2) is 7.36. The highest BCUT2D eigenvalue weighted by atomic mass is 16.5. The van der Waals surface area contributed by atoms with E-state index in [1.165, 1.54) is 0 Å². The maximum atomic E-state index is 6.41. The van der Waals surface area contributed by atoms with Crippen LogP contribution >= 0.6 is 0 Å². The summed E-state index contributed by atoms with van der Waals surface area (Å²) in [5.41, 5.74) is 7.48. The maximum Gasteiger partial charge on any atom is 0.161 e. The van der Waals surface area contributed by atoms with Crippen molar-refractivity contribution >= 4 is 0 Å². The average molecular weight is 266 g/mol. The molecule has 0 aliphatic rings. The van der Waals surface area contributed by atoms with Gasteiger partial charge in [0, 0.05) is 6.04 Å². The third-order valence-corrected chi connectivity index (χ3v) is 3.55. The predicted molar refractivity (Wildman–Crippen MR) is 78.7 cm³/mol. The number of hydrogen-bond acceptors (Lipinski definition) is 4. The highest BCUT2D eigenvalue weighted by Gasteiger charge is 2.23. The average Bonchev–Trinajstić information content (AvgIpc) is 2.42. The number of nitrogens with one attached hydrogen (secondary N) is 1. The van der Waals surface area contributed by atoms with Crippen molar-refractivity contribution in [1.82, 2.24) is 5.32 Å². The van der Waals surface area contributed by atoms with Crippen LogP contribution in [0.15, 0.2) is 18.2 Å². The number of ether oxygens (including phenoxy) is 2. The monoisotopic (exact) mass is 266 g/mol. The first kappa shape index (κ1) is 15.8. The molecule has 0 saturated heterocycles. The molecule has 0 fully saturated rings. The molecule has 1 aromatic rings. The molecule has 2 unspecified atom stereocenters. The lowest BCUT2D eigenvalue weighted by molar-refractivity contribution is 0.312. The number of hydrogen-bond donors (Lipinski definition) is 2. The highest BCUT2D eigenvalue weighted by molar-refractivity contribution is 5.43. The van der Waals surface area contributed by atoms with Crippen LogP contribution in [-0.4, -0.2) is 27.8 Å². The number of rotatable bonds is 7. The fourth-order valence-corrected chi connectivity index (χ4v) is 2.32. The molecule has 0 aliphatic heterocycles. The summed E-state index contributed by atoms with van der Waals surface area (Å²) in [6, 6.07) is 5.86. The van der Waals surface area contributed by atoms with Gasteiger partial charge in [-0.3, -0.25) is 0 Å². The normalized spacial score (nSPS) is 14.3. The van der Waals surface area contributed by atoms with Crippen LogP contribution < -0.4 is 20.5 Å². The fraction of sp³-hybridized carbons (Fsp3) is 0.600. The summed E-state index contributed by atoms with van der Waals surface area (Å²) >= 11 is 0. The van der Waals surface area contributed by atoms with E-state index >= 15 is 0 Å². The van der Waals surface area contributed by atoms with Crippen LogP contribution in [0.3, 0.4) is 0 Å². The van der Waals surface area contributed by atoms with Crippen molar-refractivity contribution in [3.8, 4) is 11.5 Å². The Bertz CT molecular complexity index is 394. The van der Waals surface area contributed by atoms with Gasteiger partial charge in [-0.25, -0.2) is 0 Å². The van der Waals surface area contributed by atoms with E-state index in [0.717, 1.165) is 23.6 Å². The van der Waals surface area contributed by atoms with Crippen LogP contribution in [0, 0.1) is 11.8 Å². The third-order valence-electron chi connectivity index (χ3n) is 3.55. The Kier molecular flexibility index (Phi) is 6.12. The molecule has 1 rings (SSSR count). The Morgan fingerprint density at radius 3 is 2.26 bits per heavy atom. The lowest BCUT2D eigenvalue weighted by Crippen LogP contribution is -2.33. The van der Waals surface area contributed by atoms with Gasteiger partial charge in [-0.15, -0.1) is 0 Å². The van der Waals surface area contributed by atoms with Gasteiger partial charge < -0.3 is 20.5 Å². The smallest absolute Gasteiger partial charge is 0.161 e. The standard InChI is InChI=1S/C15H26N2O2/c1-10(2)12(9-17-3)15(16)11-6-7-13(18-4)14(8-11)19-5/h6-8,10,12,15,17H,9,16H2,1-5H3. The van der Waals surface area contributed by atoms with Gasteiger partial charge in [-0.2, -0.15) is 0 Å². The molecule has 0 spiro atoms. The van der Waals surface area contributed by atoms with E-state index in [2.05, 4.69) is 19.2 Å². The second-order valence-corrected chi connectivity index (χ2v) is 5.11. The molecule has 0 bridgehead atoms. The van der Waals surface area contributed by atoms with Crippen LogP contribution in [0.25, 0.3) is 0 Å². The summed E-state index contributed by atoms with van der Waals surface area (Å²) in [6.45, 7) is 5.29. The van der Waals surface area contributed by atoms with Crippen LogP contribution in [0.5, 0.6) is 11.5 Å². The van der Waals surface area contributed by atoms with Gasteiger partial charge >= 0.3 is 0 Å². The minimum Gasteiger partial charge on any atom is -0.493 e. The Labute approximate surface area is 116 Å². The molecule has 3 N–H and O–H groups in total. The molecule has 19 heavy (non-hydrogen) atoms. The van der Waals surface area contributed by atoms with Gasteiger partial charge in [-0.05, 0) is 43.1 Å². The van der Waals surface area contributed by atoms with Gasteiger partial charge in [0.25, 0.3) is 0 Å². The second-order valence-electron chi connectivity index (χ2n) is 5.11. The zero-order valence-electron chi connectivity index (χ0n) is 12.6. The molecule has 0 heterocycles. The van der Waals surface area contributed by atoms with Gasteiger partial charge in [0.1, 0.15) is 0 Å². The predicted octanol–water partition coefficient (Wildman–Crippen LogP) is 2.20. The molecule has 4 nitrogen and oxygen atoms in total. The van der Waals surface area contributed by atoms with E-state index in [0.29, 0.717) is 11.8 Å². The molecule has 0 aliphatic carbocycles. The van der Waals surface area contributed by atoms with Gasteiger partial charge in [0.2, 0.25) is 0 Å². The summed E-state index contributed by atoms with van der Waals surface area (Å²) in [7, 11) is 5.23. The Hall–Kier alpha value is -1.26. The molecule has 1 aromatic carbocycles. The van der Waals surface area contributed by atoms with Gasteiger partial charge in [0.05, 0.1) is 14.2 Å². The first-order valence-electron chi connectivity index (χ1n) is 6.67. The molecule has 0 radical (unpaired) electrons. The first-order valence-corrected chi connectivity index (χ1v) is 6.67. The van der Waals surface area contributed by atoms with Crippen molar-refractivity contribution in [1.29, 1.82) is 0 Å². The lowest BCUT2D eigenvalue weighted by atomic mass is 9.85. The first-order chi connectivity index (χ1) is 9.04. The van der Waals surface area contributed by atoms with Crippen molar-refractivity contribution in [3.63, 3.8) is 0 Å².